The molecule has 4 rings (SSSR count). The highest BCUT2D eigenvalue weighted by Gasteiger charge is 2.13. The molecule has 0 spiro atoms. The second kappa shape index (κ2) is 7.75. The molecule has 0 saturated carbocycles. The normalized spacial score (nSPS) is 11.0. The number of ether oxygens (including phenoxy) is 1. The molecule has 4 aromatic rings. The van der Waals surface area contributed by atoms with Crippen LogP contribution in [0.1, 0.15) is 11.3 Å². The first-order valence-corrected chi connectivity index (χ1v) is 9.36. The van der Waals surface area contributed by atoms with Gasteiger partial charge in [0.2, 0.25) is 5.91 Å². The van der Waals surface area contributed by atoms with E-state index in [1.165, 1.54) is 4.68 Å². The van der Waals surface area contributed by atoms with Crippen molar-refractivity contribution in [2.75, 3.05) is 7.11 Å². The van der Waals surface area contributed by atoms with Crippen LogP contribution >= 0.6 is 0 Å². The van der Waals surface area contributed by atoms with Gasteiger partial charge in [-0.2, -0.15) is 5.10 Å². The van der Waals surface area contributed by atoms with Crippen molar-refractivity contribution in [3.63, 3.8) is 0 Å². The first-order chi connectivity index (χ1) is 14.1. The lowest BCUT2D eigenvalue weighted by Crippen LogP contribution is -2.34. The Hall–Kier alpha value is -3.67. The molecule has 1 N–H and O–H groups in total. The van der Waals surface area contributed by atoms with Gasteiger partial charge in [-0.3, -0.25) is 9.59 Å². The fourth-order valence-corrected chi connectivity index (χ4v) is 3.58. The van der Waals surface area contributed by atoms with Crippen LogP contribution < -0.4 is 15.6 Å². The van der Waals surface area contributed by atoms with Gasteiger partial charge in [-0.05, 0) is 29.8 Å². The number of carbonyl (C=O) groups excluding carboxylic acids is 1. The lowest BCUT2D eigenvalue weighted by Gasteiger charge is -2.14. The third-order valence-corrected chi connectivity index (χ3v) is 5.03. The lowest BCUT2D eigenvalue weighted by molar-refractivity contribution is -0.122. The Morgan fingerprint density at radius 1 is 1.00 bits per heavy atom. The summed E-state index contributed by atoms with van der Waals surface area (Å²) in [6.07, 6.45) is 0. The molecule has 0 saturated heterocycles. The molecule has 0 aliphatic heterocycles. The SMILES string of the molecule is COc1ccc2ccccc2c1CNC(=O)Cn1nc(C)c2ccccc2c1=O. The third kappa shape index (κ3) is 3.57. The van der Waals surface area contributed by atoms with Crippen molar-refractivity contribution in [2.24, 2.45) is 0 Å². The van der Waals surface area contributed by atoms with Crippen LogP contribution in [0.3, 0.4) is 0 Å². The molecule has 0 bridgehead atoms. The number of methoxy groups -OCH3 is 1. The summed E-state index contributed by atoms with van der Waals surface area (Å²) >= 11 is 0. The van der Waals surface area contributed by atoms with Crippen molar-refractivity contribution in [1.82, 2.24) is 15.1 Å². The molecule has 6 heteroatoms. The fourth-order valence-electron chi connectivity index (χ4n) is 3.58. The van der Waals surface area contributed by atoms with Crippen molar-refractivity contribution >= 4 is 27.5 Å². The number of carbonyl (C=O) groups is 1. The zero-order chi connectivity index (χ0) is 20.4. The predicted octanol–water partition coefficient (Wildman–Crippen LogP) is 3.18. The minimum atomic E-state index is -0.288. The Bertz CT molecular complexity index is 1280. The minimum Gasteiger partial charge on any atom is -0.496 e. The van der Waals surface area contributed by atoms with Gasteiger partial charge in [0, 0.05) is 17.5 Å². The Kier molecular flexibility index (Phi) is 4.99. The molecule has 1 amide bonds. The molecule has 0 radical (unpaired) electrons. The Labute approximate surface area is 167 Å². The summed E-state index contributed by atoms with van der Waals surface area (Å²) < 4.78 is 6.68. The number of nitrogens with zero attached hydrogens (tertiary/aromatic N) is 2. The molecular weight excluding hydrogens is 366 g/mol. The summed E-state index contributed by atoms with van der Waals surface area (Å²) in [5.41, 5.74) is 1.33. The van der Waals surface area contributed by atoms with E-state index in [-0.39, 0.29) is 18.0 Å². The molecule has 0 atom stereocenters. The molecule has 146 valence electrons. The molecular formula is C23H21N3O3. The highest BCUT2D eigenvalue weighted by Crippen LogP contribution is 2.27. The van der Waals surface area contributed by atoms with Crippen molar-refractivity contribution in [3.8, 4) is 5.75 Å². The van der Waals surface area contributed by atoms with Gasteiger partial charge in [0.1, 0.15) is 12.3 Å². The maximum atomic E-state index is 12.7. The predicted molar refractivity (Wildman–Crippen MR) is 113 cm³/mol. The van der Waals surface area contributed by atoms with Crippen molar-refractivity contribution in [2.45, 2.75) is 20.0 Å². The van der Waals surface area contributed by atoms with E-state index in [0.29, 0.717) is 23.4 Å². The third-order valence-electron chi connectivity index (χ3n) is 5.03. The number of rotatable bonds is 5. The molecule has 0 unspecified atom stereocenters. The number of hydrogen-bond acceptors (Lipinski definition) is 4. The second-order valence-electron chi connectivity index (χ2n) is 6.84. The number of aromatic nitrogens is 2. The van der Waals surface area contributed by atoms with Crippen molar-refractivity contribution in [3.05, 3.63) is 82.3 Å². The highest BCUT2D eigenvalue weighted by atomic mass is 16.5. The Balaban J connectivity index is 1.58. The zero-order valence-corrected chi connectivity index (χ0v) is 16.3. The largest absolute Gasteiger partial charge is 0.496 e. The van der Waals surface area contributed by atoms with E-state index in [0.717, 1.165) is 21.7 Å². The molecule has 3 aromatic carbocycles. The van der Waals surface area contributed by atoms with Crippen LogP contribution in [0.4, 0.5) is 0 Å². The van der Waals surface area contributed by atoms with E-state index < -0.39 is 0 Å². The smallest absolute Gasteiger partial charge is 0.275 e. The standard InChI is InChI=1S/C23H21N3O3/c1-15-17-8-5-6-10-19(17)23(28)26(25-15)14-22(27)24-13-20-18-9-4-3-7-16(18)11-12-21(20)29-2/h3-12H,13-14H2,1-2H3,(H,24,27). The Morgan fingerprint density at radius 3 is 2.45 bits per heavy atom. The van der Waals surface area contributed by atoms with Crippen LogP contribution in [0.2, 0.25) is 0 Å². The van der Waals surface area contributed by atoms with Gasteiger partial charge in [-0.25, -0.2) is 4.68 Å². The summed E-state index contributed by atoms with van der Waals surface area (Å²) in [4.78, 5) is 25.2. The quantitative estimate of drug-likeness (QED) is 0.571. The molecule has 0 fully saturated rings. The van der Waals surface area contributed by atoms with Gasteiger partial charge in [-0.1, -0.05) is 48.5 Å². The second-order valence-corrected chi connectivity index (χ2v) is 6.84. The maximum absolute atomic E-state index is 12.7. The van der Waals surface area contributed by atoms with E-state index in [9.17, 15) is 9.59 Å². The van der Waals surface area contributed by atoms with Crippen LogP contribution in [0, 0.1) is 6.92 Å². The van der Waals surface area contributed by atoms with E-state index in [1.54, 1.807) is 19.2 Å². The summed E-state index contributed by atoms with van der Waals surface area (Å²) in [5, 5.41) is 10.6. The van der Waals surface area contributed by atoms with Crippen LogP contribution in [-0.4, -0.2) is 22.8 Å². The number of benzene rings is 3. The first kappa shape index (κ1) is 18.7. The summed E-state index contributed by atoms with van der Waals surface area (Å²) in [6.45, 7) is 1.99. The molecule has 0 aliphatic rings. The zero-order valence-electron chi connectivity index (χ0n) is 16.3. The van der Waals surface area contributed by atoms with E-state index in [4.69, 9.17) is 4.74 Å². The van der Waals surface area contributed by atoms with Crippen LogP contribution in [0.15, 0.2) is 65.5 Å². The van der Waals surface area contributed by atoms with Crippen molar-refractivity contribution in [1.29, 1.82) is 0 Å². The number of nitrogens with one attached hydrogen (secondary N) is 1. The lowest BCUT2D eigenvalue weighted by atomic mass is 10.0. The van der Waals surface area contributed by atoms with Gasteiger partial charge in [0.05, 0.1) is 18.2 Å². The average molecular weight is 387 g/mol. The van der Waals surface area contributed by atoms with Crippen LogP contribution in [0.5, 0.6) is 5.75 Å². The van der Waals surface area contributed by atoms with E-state index >= 15 is 0 Å². The molecule has 0 aliphatic carbocycles. The highest BCUT2D eigenvalue weighted by molar-refractivity contribution is 5.88. The number of hydrogen-bond donors (Lipinski definition) is 1. The van der Waals surface area contributed by atoms with E-state index in [2.05, 4.69) is 10.4 Å². The molecule has 1 heterocycles. The van der Waals surface area contributed by atoms with Gasteiger partial charge in [0.25, 0.3) is 5.56 Å². The minimum absolute atomic E-state index is 0.141. The number of fused-ring (bicyclic) bond motifs is 2. The van der Waals surface area contributed by atoms with Crippen LogP contribution in [-0.2, 0) is 17.9 Å². The average Bonchev–Trinajstić information content (AvgIpc) is 2.75. The molecule has 6 nitrogen and oxygen atoms in total. The van der Waals surface area contributed by atoms with Gasteiger partial charge in [-0.15, -0.1) is 0 Å². The topological polar surface area (TPSA) is 73.2 Å². The monoisotopic (exact) mass is 387 g/mol. The van der Waals surface area contributed by atoms with Gasteiger partial charge in [0.15, 0.2) is 0 Å². The maximum Gasteiger partial charge on any atom is 0.275 e. The fraction of sp³-hybridized carbons (Fsp3) is 0.174. The van der Waals surface area contributed by atoms with Gasteiger partial charge >= 0.3 is 0 Å². The van der Waals surface area contributed by atoms with Crippen molar-refractivity contribution < 1.29 is 9.53 Å². The summed E-state index contributed by atoms with van der Waals surface area (Å²) in [6, 6.07) is 19.1. The van der Waals surface area contributed by atoms with Gasteiger partial charge < -0.3 is 10.1 Å². The molecule has 1 aromatic heterocycles. The molecule has 29 heavy (non-hydrogen) atoms. The summed E-state index contributed by atoms with van der Waals surface area (Å²) in [7, 11) is 1.61. The first-order valence-electron chi connectivity index (χ1n) is 9.36. The number of amides is 1. The Morgan fingerprint density at radius 2 is 1.69 bits per heavy atom. The number of aryl methyl sites for hydroxylation is 1. The van der Waals surface area contributed by atoms with E-state index in [1.807, 2.05) is 55.5 Å². The van der Waals surface area contributed by atoms with Crippen LogP contribution in [0.25, 0.3) is 21.5 Å². The summed E-state index contributed by atoms with van der Waals surface area (Å²) in [5.74, 6) is 0.421.